The van der Waals surface area contributed by atoms with Gasteiger partial charge in [0.1, 0.15) is 0 Å². The number of aromatic carboxylic acids is 1. The van der Waals surface area contributed by atoms with Crippen LogP contribution in [-0.4, -0.2) is 23.7 Å². The van der Waals surface area contributed by atoms with Crippen LogP contribution in [0.2, 0.25) is 0 Å². The topological polar surface area (TPSA) is 63.6 Å². The molecule has 2 unspecified atom stereocenters. The number of hydrogen-bond acceptors (Lipinski definition) is 4. The third-order valence-electron chi connectivity index (χ3n) is 7.23. The lowest BCUT2D eigenvalue weighted by Crippen LogP contribution is -2.17. The minimum absolute atomic E-state index is 0.00380. The maximum Gasteiger partial charge on any atom is 0.339 e. The Hall–Kier alpha value is -3.05. The highest BCUT2D eigenvalue weighted by Gasteiger charge is 2.21. The summed E-state index contributed by atoms with van der Waals surface area (Å²) < 4.78 is 5.39. The Kier molecular flexibility index (Phi) is 17.3. The highest BCUT2D eigenvalue weighted by Crippen LogP contribution is 2.31. The number of hydrogen-bond donors (Lipinski definition) is 1. The molecule has 5 heteroatoms. The van der Waals surface area contributed by atoms with E-state index in [4.69, 9.17) is 4.74 Å². The van der Waals surface area contributed by atoms with Gasteiger partial charge in [-0.3, -0.25) is 0 Å². The molecule has 3 rings (SSSR count). The van der Waals surface area contributed by atoms with E-state index in [1.807, 2.05) is 12.1 Å². The summed E-state index contributed by atoms with van der Waals surface area (Å²) in [5.41, 5.74) is 0.125. The van der Waals surface area contributed by atoms with Gasteiger partial charge in [0.25, 0.3) is 0 Å². The van der Waals surface area contributed by atoms with E-state index in [-0.39, 0.29) is 11.1 Å². The van der Waals surface area contributed by atoms with Crippen molar-refractivity contribution < 1.29 is 19.4 Å². The highest BCUT2D eigenvalue weighted by atomic mass is 32.2. The molecule has 4 nitrogen and oxygen atoms in total. The fourth-order valence-electron chi connectivity index (χ4n) is 5.08. The van der Waals surface area contributed by atoms with Gasteiger partial charge >= 0.3 is 11.9 Å². The van der Waals surface area contributed by atoms with E-state index in [9.17, 15) is 14.7 Å². The predicted octanol–water partition coefficient (Wildman–Crippen LogP) is 10.6. The largest absolute Gasteiger partial charge is 0.478 e. The van der Waals surface area contributed by atoms with Gasteiger partial charge in [-0.1, -0.05) is 132 Å². The van der Waals surface area contributed by atoms with Crippen LogP contribution in [0.25, 0.3) is 0 Å². The van der Waals surface area contributed by atoms with Crippen LogP contribution in [-0.2, 0) is 4.74 Å². The summed E-state index contributed by atoms with van der Waals surface area (Å²) in [7, 11) is 0. The first-order valence-corrected chi connectivity index (χ1v) is 16.1. The van der Waals surface area contributed by atoms with Gasteiger partial charge in [-0.15, -0.1) is 0 Å². The zero-order valence-corrected chi connectivity index (χ0v) is 25.9. The summed E-state index contributed by atoms with van der Waals surface area (Å²) in [6.07, 6.45) is 11.9. The number of carbonyl (C=O) groups excluding carboxylic acids is 1. The quantitative estimate of drug-likeness (QED) is 0.128. The fraction of sp³-hybridized carbons (Fsp3) is 0.444. The van der Waals surface area contributed by atoms with Gasteiger partial charge in [0.05, 0.1) is 17.7 Å². The molecule has 0 spiro atoms. The van der Waals surface area contributed by atoms with Gasteiger partial charge in [-0.2, -0.15) is 0 Å². The SMILES string of the molecule is CCCCC(CCC)C(CCCC)CCCOC(=O)c1ccccc1C(=O)O.c1ccc(Sc2ccccc2)cc1. The Morgan fingerprint density at radius 3 is 1.59 bits per heavy atom. The number of benzene rings is 3. The molecule has 0 aliphatic heterocycles. The molecule has 0 fully saturated rings. The van der Waals surface area contributed by atoms with Crippen LogP contribution < -0.4 is 0 Å². The Balaban J connectivity index is 0.000000372. The van der Waals surface area contributed by atoms with Gasteiger partial charge in [0.15, 0.2) is 0 Å². The molecule has 0 aliphatic rings. The molecular weight excluding hydrogens is 528 g/mol. The Morgan fingerprint density at radius 1 is 0.634 bits per heavy atom. The van der Waals surface area contributed by atoms with Crippen molar-refractivity contribution in [3.8, 4) is 0 Å². The van der Waals surface area contributed by atoms with Crippen molar-refractivity contribution in [2.24, 2.45) is 11.8 Å². The average Bonchev–Trinajstić information content (AvgIpc) is 3.00. The number of unbranched alkanes of at least 4 members (excludes halogenated alkanes) is 2. The van der Waals surface area contributed by atoms with Crippen molar-refractivity contribution in [3.05, 3.63) is 96.1 Å². The van der Waals surface area contributed by atoms with Crippen LogP contribution in [0.5, 0.6) is 0 Å². The second kappa shape index (κ2) is 20.8. The molecule has 2 atom stereocenters. The minimum atomic E-state index is -1.11. The summed E-state index contributed by atoms with van der Waals surface area (Å²) in [5, 5.41) is 9.22. The lowest BCUT2D eigenvalue weighted by atomic mass is 9.79. The molecule has 3 aromatic rings. The van der Waals surface area contributed by atoms with E-state index < -0.39 is 11.9 Å². The molecule has 0 saturated heterocycles. The second-order valence-corrected chi connectivity index (χ2v) is 11.6. The van der Waals surface area contributed by atoms with Crippen LogP contribution in [0.1, 0.15) is 106 Å². The first-order valence-electron chi connectivity index (χ1n) is 15.3. The van der Waals surface area contributed by atoms with Crippen molar-refractivity contribution in [1.82, 2.24) is 0 Å². The molecule has 41 heavy (non-hydrogen) atoms. The number of carboxylic acid groups (broad SMARTS) is 1. The lowest BCUT2D eigenvalue weighted by Gasteiger charge is -2.27. The third kappa shape index (κ3) is 13.4. The Morgan fingerprint density at radius 2 is 1.10 bits per heavy atom. The minimum Gasteiger partial charge on any atom is -0.478 e. The van der Waals surface area contributed by atoms with Crippen molar-refractivity contribution in [2.75, 3.05) is 6.61 Å². The summed E-state index contributed by atoms with van der Waals surface area (Å²) in [5.74, 6) is -0.193. The standard InChI is InChI=1S/C24H38O4.C12H10S/c1-4-7-13-19(12-6-3)20(14-8-5-2)15-11-18-28-24(27)22-17-10-9-16-21(22)23(25)26;1-3-7-11(8-4-1)13-12-9-5-2-6-10-12/h9-10,16-17,19-20H,4-8,11-15,18H2,1-3H3,(H,25,26);1-10H. The third-order valence-corrected chi connectivity index (χ3v) is 8.25. The van der Waals surface area contributed by atoms with Gasteiger partial charge in [0, 0.05) is 9.79 Å². The van der Waals surface area contributed by atoms with Crippen molar-refractivity contribution in [2.45, 2.75) is 94.8 Å². The number of ether oxygens (including phenoxy) is 1. The molecule has 3 aromatic carbocycles. The van der Waals surface area contributed by atoms with Gasteiger partial charge in [-0.05, 0) is 61.1 Å². The van der Waals surface area contributed by atoms with Crippen LogP contribution >= 0.6 is 11.8 Å². The molecule has 0 aliphatic carbocycles. The zero-order valence-electron chi connectivity index (χ0n) is 25.1. The van der Waals surface area contributed by atoms with Crippen LogP contribution in [0.3, 0.4) is 0 Å². The predicted molar refractivity (Wildman–Crippen MR) is 171 cm³/mol. The molecule has 222 valence electrons. The lowest BCUT2D eigenvalue weighted by molar-refractivity contribution is 0.0478. The maximum atomic E-state index is 12.3. The summed E-state index contributed by atoms with van der Waals surface area (Å²) >= 11 is 1.79. The average molecular weight is 577 g/mol. The molecule has 0 heterocycles. The summed E-state index contributed by atoms with van der Waals surface area (Å²) in [6, 6.07) is 27.0. The fourth-order valence-corrected chi connectivity index (χ4v) is 5.94. The van der Waals surface area contributed by atoms with E-state index >= 15 is 0 Å². The highest BCUT2D eigenvalue weighted by molar-refractivity contribution is 7.99. The zero-order chi connectivity index (χ0) is 29.7. The van der Waals surface area contributed by atoms with Crippen molar-refractivity contribution >= 4 is 23.7 Å². The van der Waals surface area contributed by atoms with Crippen LogP contribution in [0, 0.1) is 11.8 Å². The first-order chi connectivity index (χ1) is 20.0. The van der Waals surface area contributed by atoms with Crippen LogP contribution in [0.4, 0.5) is 0 Å². The van der Waals surface area contributed by atoms with Gasteiger partial charge in [-0.25, -0.2) is 9.59 Å². The summed E-state index contributed by atoms with van der Waals surface area (Å²) in [4.78, 5) is 26.1. The maximum absolute atomic E-state index is 12.3. The molecular formula is C36H48O4S. The van der Waals surface area contributed by atoms with E-state index in [2.05, 4.69) is 69.3 Å². The molecule has 0 saturated carbocycles. The van der Waals surface area contributed by atoms with Crippen LogP contribution in [0.15, 0.2) is 94.7 Å². The Labute approximate surface area is 251 Å². The second-order valence-electron chi connectivity index (χ2n) is 10.5. The number of carboxylic acids is 1. The molecule has 0 aromatic heterocycles. The normalized spacial score (nSPS) is 12.1. The number of carbonyl (C=O) groups is 2. The van der Waals surface area contributed by atoms with Gasteiger partial charge < -0.3 is 9.84 Å². The Bertz CT molecular complexity index is 1080. The molecule has 0 bridgehead atoms. The monoisotopic (exact) mass is 576 g/mol. The van der Waals surface area contributed by atoms with Gasteiger partial charge in [0.2, 0.25) is 0 Å². The molecule has 0 amide bonds. The summed E-state index contributed by atoms with van der Waals surface area (Å²) in [6.45, 7) is 7.09. The molecule has 1 N–H and O–H groups in total. The smallest absolute Gasteiger partial charge is 0.339 e. The van der Waals surface area contributed by atoms with E-state index in [1.165, 1.54) is 73.3 Å². The first kappa shape index (κ1) is 34.2. The van der Waals surface area contributed by atoms with Crippen molar-refractivity contribution in [1.29, 1.82) is 0 Å². The van der Waals surface area contributed by atoms with Crippen molar-refractivity contribution in [3.63, 3.8) is 0 Å². The van der Waals surface area contributed by atoms with E-state index in [1.54, 1.807) is 23.9 Å². The van der Waals surface area contributed by atoms with E-state index in [0.717, 1.165) is 18.8 Å². The molecule has 0 radical (unpaired) electrons. The number of esters is 1. The number of rotatable bonds is 17. The van der Waals surface area contributed by atoms with E-state index in [0.29, 0.717) is 12.5 Å².